The summed E-state index contributed by atoms with van der Waals surface area (Å²) in [7, 11) is 4.62. The predicted molar refractivity (Wildman–Crippen MR) is 57.4 cm³/mol. The molecule has 0 amide bonds. The molecule has 0 aliphatic heterocycles. The van der Waals surface area contributed by atoms with E-state index in [4.69, 9.17) is 4.43 Å². The van der Waals surface area contributed by atoms with Crippen molar-refractivity contribution < 1.29 is 14.2 Å². The molecule has 0 aliphatic carbocycles. The smallest absolute Gasteiger partial charge is 0.161 e. The van der Waals surface area contributed by atoms with E-state index >= 15 is 0 Å². The lowest BCUT2D eigenvalue weighted by atomic mass is 10.6. The van der Waals surface area contributed by atoms with Gasteiger partial charge in [0.25, 0.3) is 0 Å². The number of rotatable bonds is 6. The van der Waals surface area contributed by atoms with Crippen LogP contribution in [0.15, 0.2) is 0 Å². The summed E-state index contributed by atoms with van der Waals surface area (Å²) >= 11 is 1.92. The lowest BCUT2D eigenvalue weighted by molar-refractivity contribution is -0.248. The van der Waals surface area contributed by atoms with E-state index in [1.54, 1.807) is 0 Å². The molecular weight excluding hydrogens is 192 g/mol. The molecule has 0 N–H and O–H groups in total. The molecule has 0 atom stereocenters. The van der Waals surface area contributed by atoms with Gasteiger partial charge < -0.3 is 4.43 Å². The largest absolute Gasteiger partial charge is 0.427 e. The van der Waals surface area contributed by atoms with Gasteiger partial charge in [0.2, 0.25) is 0 Å². The molecule has 0 bridgehead atoms. The lowest BCUT2D eigenvalue weighted by Crippen LogP contribution is -1.92. The highest BCUT2D eigenvalue weighted by Gasteiger charge is 1.85. The van der Waals surface area contributed by atoms with Crippen LogP contribution in [0.25, 0.3) is 0 Å². The van der Waals surface area contributed by atoms with Crippen LogP contribution in [0.3, 0.4) is 0 Å². The molecule has 12 heavy (non-hydrogen) atoms. The van der Waals surface area contributed by atoms with E-state index in [1.165, 1.54) is 32.4 Å². The number of hydrogen-bond acceptors (Lipinski definition) is 4. The molecule has 5 heteroatoms. The van der Waals surface area contributed by atoms with Crippen LogP contribution in [-0.4, -0.2) is 43.1 Å². The van der Waals surface area contributed by atoms with Crippen molar-refractivity contribution in [1.29, 1.82) is 0 Å². The summed E-state index contributed by atoms with van der Waals surface area (Å²) in [6, 6.07) is 1.34. The van der Waals surface area contributed by atoms with Gasteiger partial charge in [-0.2, -0.15) is 11.8 Å². The second-order valence-electron chi connectivity index (χ2n) is 2.03. The van der Waals surface area contributed by atoms with Gasteiger partial charge in [-0.05, 0) is 24.5 Å². The second kappa shape index (κ2) is 17.5. The minimum atomic E-state index is -0.112. The Morgan fingerprint density at radius 3 is 2.08 bits per heavy atom. The van der Waals surface area contributed by atoms with Crippen LogP contribution in [0.2, 0.25) is 6.04 Å². The zero-order valence-corrected chi connectivity index (χ0v) is 10.7. The summed E-state index contributed by atoms with van der Waals surface area (Å²) < 4.78 is 5.02. The molecule has 0 aromatic rings. The van der Waals surface area contributed by atoms with E-state index in [1.807, 2.05) is 18.9 Å². The molecule has 0 fully saturated rings. The SMILES string of the molecule is COOC.CO[SiH2]CCCSC. The van der Waals surface area contributed by atoms with Gasteiger partial charge in [0, 0.05) is 7.11 Å². The predicted octanol–water partition coefficient (Wildman–Crippen LogP) is 1.08. The molecule has 0 saturated heterocycles. The summed E-state index contributed by atoms with van der Waals surface area (Å²) in [5, 5.41) is 0. The Labute approximate surface area is 82.0 Å². The standard InChI is InChI=1S/C5H14OSSi.C2H6O2/c1-6-8-5-3-4-7-2;1-3-4-2/h3-5,8H2,1-2H3;1-2H3. The van der Waals surface area contributed by atoms with Gasteiger partial charge in [0.15, 0.2) is 9.76 Å². The lowest BCUT2D eigenvalue weighted by Gasteiger charge is -1.94. The fourth-order valence-electron chi connectivity index (χ4n) is 0.493. The number of thioether (sulfide) groups is 1. The molecule has 0 rings (SSSR count). The maximum atomic E-state index is 5.02. The first-order valence-electron chi connectivity index (χ1n) is 3.88. The maximum absolute atomic E-state index is 5.02. The molecule has 0 aromatic carbocycles. The van der Waals surface area contributed by atoms with Crippen LogP contribution >= 0.6 is 11.8 Å². The first-order chi connectivity index (χ1) is 5.83. The molecule has 0 aromatic heterocycles. The summed E-state index contributed by atoms with van der Waals surface area (Å²) in [5.74, 6) is 1.30. The molecule has 0 radical (unpaired) electrons. The van der Waals surface area contributed by atoms with Gasteiger partial charge >= 0.3 is 0 Å². The number of hydrogen-bond donors (Lipinski definition) is 0. The molecule has 0 spiro atoms. The molecule has 0 heterocycles. The highest BCUT2D eigenvalue weighted by atomic mass is 32.2. The zero-order valence-electron chi connectivity index (χ0n) is 8.46. The van der Waals surface area contributed by atoms with Crippen LogP contribution in [-0.2, 0) is 14.2 Å². The molecule has 0 saturated carbocycles. The Kier molecular flexibility index (Phi) is 21.8. The maximum Gasteiger partial charge on any atom is 0.161 e. The average molecular weight is 212 g/mol. The van der Waals surface area contributed by atoms with Gasteiger partial charge in [-0.15, -0.1) is 0 Å². The van der Waals surface area contributed by atoms with Crippen molar-refractivity contribution in [2.45, 2.75) is 12.5 Å². The van der Waals surface area contributed by atoms with Crippen LogP contribution < -0.4 is 0 Å². The Balaban J connectivity index is 0. The quantitative estimate of drug-likeness (QED) is 0.285. The molecule has 0 unspecified atom stereocenters. The minimum Gasteiger partial charge on any atom is -0.427 e. The van der Waals surface area contributed by atoms with E-state index < -0.39 is 0 Å². The van der Waals surface area contributed by atoms with E-state index in [0.29, 0.717) is 0 Å². The fraction of sp³-hybridized carbons (Fsp3) is 1.00. The first-order valence-corrected chi connectivity index (χ1v) is 6.85. The topological polar surface area (TPSA) is 27.7 Å². The van der Waals surface area contributed by atoms with Gasteiger partial charge in [0.1, 0.15) is 0 Å². The van der Waals surface area contributed by atoms with Crippen molar-refractivity contribution in [2.24, 2.45) is 0 Å². The van der Waals surface area contributed by atoms with Crippen molar-refractivity contribution >= 4 is 21.5 Å². The monoisotopic (exact) mass is 212 g/mol. The van der Waals surface area contributed by atoms with E-state index in [9.17, 15) is 0 Å². The Morgan fingerprint density at radius 1 is 1.17 bits per heavy atom. The van der Waals surface area contributed by atoms with Crippen LogP contribution in [0.5, 0.6) is 0 Å². The first kappa shape index (κ1) is 14.9. The zero-order chi connectivity index (χ0) is 9.66. The van der Waals surface area contributed by atoms with Gasteiger partial charge in [0.05, 0.1) is 14.2 Å². The highest BCUT2D eigenvalue weighted by molar-refractivity contribution is 7.98. The van der Waals surface area contributed by atoms with Gasteiger partial charge in [-0.25, -0.2) is 9.78 Å². The Bertz CT molecular complexity index is 58.6. The highest BCUT2D eigenvalue weighted by Crippen LogP contribution is 1.98. The van der Waals surface area contributed by atoms with Gasteiger partial charge in [-0.1, -0.05) is 0 Å². The van der Waals surface area contributed by atoms with E-state index in [-0.39, 0.29) is 9.76 Å². The molecule has 76 valence electrons. The third-order valence-corrected chi connectivity index (χ3v) is 3.01. The van der Waals surface area contributed by atoms with Crippen molar-refractivity contribution in [2.75, 3.05) is 33.3 Å². The van der Waals surface area contributed by atoms with E-state index in [0.717, 1.165) is 0 Å². The van der Waals surface area contributed by atoms with Crippen LogP contribution in [0.1, 0.15) is 6.42 Å². The third-order valence-electron chi connectivity index (χ3n) is 1.11. The molecule has 0 aliphatic rings. The molecular formula is C7H20O3SSi. The third kappa shape index (κ3) is 22.4. The van der Waals surface area contributed by atoms with Gasteiger partial charge in [-0.3, -0.25) is 0 Å². The van der Waals surface area contributed by atoms with Crippen molar-refractivity contribution in [3.63, 3.8) is 0 Å². The molecule has 3 nitrogen and oxygen atoms in total. The summed E-state index contributed by atoms with van der Waals surface area (Å²) in [6.07, 6.45) is 3.50. The van der Waals surface area contributed by atoms with Crippen LogP contribution in [0, 0.1) is 0 Å². The Morgan fingerprint density at radius 2 is 1.75 bits per heavy atom. The fourth-order valence-corrected chi connectivity index (χ4v) is 2.09. The van der Waals surface area contributed by atoms with Crippen LogP contribution in [0.4, 0.5) is 0 Å². The second-order valence-corrected chi connectivity index (χ2v) is 4.70. The Hall–Kier alpha value is 0.447. The van der Waals surface area contributed by atoms with Crippen molar-refractivity contribution in [3.05, 3.63) is 0 Å². The van der Waals surface area contributed by atoms with Crippen molar-refractivity contribution in [1.82, 2.24) is 0 Å². The minimum absolute atomic E-state index is 0.112. The summed E-state index contributed by atoms with van der Waals surface area (Å²) in [6.45, 7) is 0. The van der Waals surface area contributed by atoms with E-state index in [2.05, 4.69) is 16.0 Å². The normalized spacial score (nSPS) is 10.0. The summed E-state index contributed by atoms with van der Waals surface area (Å²) in [4.78, 5) is 8.08. The average Bonchev–Trinajstić information content (AvgIpc) is 2.13. The van der Waals surface area contributed by atoms with Crippen molar-refractivity contribution in [3.8, 4) is 0 Å². The summed E-state index contributed by atoms with van der Waals surface area (Å²) in [5.41, 5.74) is 0.